The summed E-state index contributed by atoms with van der Waals surface area (Å²) >= 11 is 0. The van der Waals surface area contributed by atoms with Crippen molar-refractivity contribution in [3.05, 3.63) is 52.9 Å². The van der Waals surface area contributed by atoms with Crippen LogP contribution in [-0.2, 0) is 14.2 Å². The van der Waals surface area contributed by atoms with Crippen LogP contribution in [0.5, 0.6) is 17.2 Å². The first-order valence-electron chi connectivity index (χ1n) is 8.73. The summed E-state index contributed by atoms with van der Waals surface area (Å²) in [7, 11) is 4.57. The van der Waals surface area contributed by atoms with Gasteiger partial charge in [-0.25, -0.2) is 4.79 Å². The molecule has 1 aromatic heterocycles. The number of hydrogen-bond donors (Lipinski definition) is 0. The van der Waals surface area contributed by atoms with Crippen LogP contribution in [0.3, 0.4) is 0 Å². The van der Waals surface area contributed by atoms with E-state index in [0.717, 1.165) is 5.39 Å². The van der Waals surface area contributed by atoms with Crippen LogP contribution in [0.2, 0.25) is 0 Å². The average Bonchev–Trinajstić information content (AvgIpc) is 2.74. The van der Waals surface area contributed by atoms with Crippen molar-refractivity contribution in [2.75, 3.05) is 41.7 Å². The number of fused-ring (bicyclic) bond motifs is 1. The molecule has 0 N–H and O–H groups in total. The molecule has 0 unspecified atom stereocenters. The minimum Gasteiger partial charge on any atom is -0.467 e. The van der Waals surface area contributed by atoms with Gasteiger partial charge < -0.3 is 32.8 Å². The zero-order chi connectivity index (χ0) is 20.6. The van der Waals surface area contributed by atoms with Crippen LogP contribution in [0.4, 0.5) is 0 Å². The maximum atomic E-state index is 12.7. The van der Waals surface area contributed by atoms with Crippen molar-refractivity contribution in [3.63, 3.8) is 0 Å². The number of ether oxygens (including phenoxy) is 6. The van der Waals surface area contributed by atoms with Crippen LogP contribution in [0.1, 0.15) is 0 Å². The van der Waals surface area contributed by atoms with Crippen LogP contribution in [-0.4, -0.2) is 41.7 Å². The highest BCUT2D eigenvalue weighted by atomic mass is 16.7. The Morgan fingerprint density at radius 3 is 2.03 bits per heavy atom. The lowest BCUT2D eigenvalue weighted by atomic mass is 10.0. The van der Waals surface area contributed by atoms with E-state index in [1.54, 1.807) is 42.5 Å². The van der Waals surface area contributed by atoms with E-state index in [1.165, 1.54) is 21.3 Å². The van der Waals surface area contributed by atoms with Gasteiger partial charge in [0, 0.05) is 44.4 Å². The van der Waals surface area contributed by atoms with Gasteiger partial charge in [-0.1, -0.05) is 0 Å². The molecule has 8 heteroatoms. The monoisotopic (exact) mass is 402 g/mol. The fraction of sp³-hybridized carbons (Fsp3) is 0.286. The first-order chi connectivity index (χ1) is 14.2. The summed E-state index contributed by atoms with van der Waals surface area (Å²) in [5, 5.41) is 0.738. The highest BCUT2D eigenvalue weighted by Crippen LogP contribution is 2.34. The van der Waals surface area contributed by atoms with Crippen LogP contribution < -0.4 is 19.8 Å². The Bertz CT molecular complexity index is 1010. The van der Waals surface area contributed by atoms with Crippen molar-refractivity contribution in [2.24, 2.45) is 0 Å². The molecule has 29 heavy (non-hydrogen) atoms. The normalized spacial score (nSPS) is 10.9. The summed E-state index contributed by atoms with van der Waals surface area (Å²) in [5.41, 5.74) is 0.815. The lowest BCUT2D eigenvalue weighted by Crippen LogP contribution is -2.07. The number of hydrogen-bond acceptors (Lipinski definition) is 8. The maximum absolute atomic E-state index is 12.7. The van der Waals surface area contributed by atoms with Gasteiger partial charge in [-0.05, 0) is 30.3 Å². The molecule has 2 aromatic carbocycles. The Balaban J connectivity index is 2.01. The molecule has 3 aromatic rings. The molecule has 0 fully saturated rings. The van der Waals surface area contributed by atoms with Crippen molar-refractivity contribution >= 4 is 11.0 Å². The highest BCUT2D eigenvalue weighted by Gasteiger charge is 2.15. The lowest BCUT2D eigenvalue weighted by molar-refractivity contribution is 0.0463. The van der Waals surface area contributed by atoms with Gasteiger partial charge in [-0.3, -0.25) is 0 Å². The van der Waals surface area contributed by atoms with E-state index < -0.39 is 5.63 Å². The number of benzene rings is 2. The Labute approximate surface area is 167 Å². The Morgan fingerprint density at radius 2 is 1.34 bits per heavy atom. The van der Waals surface area contributed by atoms with Gasteiger partial charge in [0.05, 0.1) is 5.56 Å². The minimum absolute atomic E-state index is 0.0137. The fourth-order valence-corrected chi connectivity index (χ4v) is 2.68. The third-order valence-electron chi connectivity index (χ3n) is 3.97. The lowest BCUT2D eigenvalue weighted by Gasteiger charge is -2.13. The summed E-state index contributed by atoms with van der Waals surface area (Å²) in [5.74, 6) is 1.50. The standard InChI is InChI=1S/C21H22O8/c1-23-11-26-15-5-4-14-8-18(21(22)29-19(14)9-15)17-7-6-16(27-12-24-2)10-20(17)28-13-25-3/h4-10H,11-13H2,1-3H3. The van der Waals surface area contributed by atoms with Gasteiger partial charge >= 0.3 is 5.63 Å². The largest absolute Gasteiger partial charge is 0.467 e. The van der Waals surface area contributed by atoms with E-state index in [9.17, 15) is 4.79 Å². The molecule has 3 rings (SSSR count). The van der Waals surface area contributed by atoms with Gasteiger partial charge in [0.1, 0.15) is 22.8 Å². The van der Waals surface area contributed by atoms with Gasteiger partial charge in [-0.2, -0.15) is 0 Å². The molecular weight excluding hydrogens is 380 g/mol. The van der Waals surface area contributed by atoms with Crippen LogP contribution in [0.15, 0.2) is 51.7 Å². The van der Waals surface area contributed by atoms with Crippen molar-refractivity contribution in [1.29, 1.82) is 0 Å². The van der Waals surface area contributed by atoms with Gasteiger partial charge in [-0.15, -0.1) is 0 Å². The molecule has 0 aliphatic carbocycles. The Kier molecular flexibility index (Phi) is 7.07. The van der Waals surface area contributed by atoms with E-state index in [0.29, 0.717) is 34.0 Å². The first-order valence-corrected chi connectivity index (χ1v) is 8.73. The molecule has 0 aliphatic heterocycles. The van der Waals surface area contributed by atoms with Crippen molar-refractivity contribution in [3.8, 4) is 28.4 Å². The Hall–Kier alpha value is -3.07. The zero-order valence-electron chi connectivity index (χ0n) is 16.4. The van der Waals surface area contributed by atoms with Crippen molar-refractivity contribution < 1.29 is 32.8 Å². The van der Waals surface area contributed by atoms with E-state index >= 15 is 0 Å². The molecule has 0 amide bonds. The zero-order valence-corrected chi connectivity index (χ0v) is 16.4. The van der Waals surface area contributed by atoms with E-state index in [2.05, 4.69) is 0 Å². The number of rotatable bonds is 10. The molecule has 0 aliphatic rings. The molecule has 0 bridgehead atoms. The van der Waals surface area contributed by atoms with E-state index in [-0.39, 0.29) is 20.4 Å². The van der Waals surface area contributed by atoms with E-state index in [4.69, 9.17) is 32.8 Å². The smallest absolute Gasteiger partial charge is 0.344 e. The SMILES string of the molecule is COCOc1ccc(-c2cc3ccc(OCOC)cc3oc2=O)c(OCOC)c1. The molecule has 0 saturated heterocycles. The molecule has 0 radical (unpaired) electrons. The molecule has 0 atom stereocenters. The molecule has 1 heterocycles. The second-order valence-electron chi connectivity index (χ2n) is 5.96. The average molecular weight is 402 g/mol. The molecule has 0 saturated carbocycles. The van der Waals surface area contributed by atoms with Gasteiger partial charge in [0.15, 0.2) is 20.4 Å². The molecular formula is C21H22O8. The minimum atomic E-state index is -0.505. The molecule has 154 valence electrons. The summed E-state index contributed by atoms with van der Waals surface area (Å²) in [6, 6.07) is 12.1. The topological polar surface area (TPSA) is 85.6 Å². The van der Waals surface area contributed by atoms with Gasteiger partial charge in [0.2, 0.25) is 0 Å². The predicted molar refractivity (Wildman–Crippen MR) is 105 cm³/mol. The number of methoxy groups -OCH3 is 3. The maximum Gasteiger partial charge on any atom is 0.344 e. The second kappa shape index (κ2) is 9.92. The highest BCUT2D eigenvalue weighted by molar-refractivity contribution is 5.84. The van der Waals surface area contributed by atoms with Crippen LogP contribution in [0, 0.1) is 0 Å². The van der Waals surface area contributed by atoms with Crippen molar-refractivity contribution in [1.82, 2.24) is 0 Å². The summed E-state index contributed by atoms with van der Waals surface area (Å²) in [6.07, 6.45) is 0. The van der Waals surface area contributed by atoms with Crippen LogP contribution in [0.25, 0.3) is 22.1 Å². The third-order valence-corrected chi connectivity index (χ3v) is 3.97. The predicted octanol–water partition coefficient (Wildman–Crippen LogP) is 3.41. The van der Waals surface area contributed by atoms with E-state index in [1.807, 2.05) is 0 Å². The summed E-state index contributed by atoms with van der Waals surface area (Å²) in [6.45, 7) is 0.208. The first kappa shape index (κ1) is 20.7. The van der Waals surface area contributed by atoms with Gasteiger partial charge in [0.25, 0.3) is 0 Å². The summed E-state index contributed by atoms with van der Waals surface area (Å²) in [4.78, 5) is 12.7. The third kappa shape index (κ3) is 5.05. The Morgan fingerprint density at radius 1 is 0.724 bits per heavy atom. The van der Waals surface area contributed by atoms with Crippen LogP contribution >= 0.6 is 0 Å². The van der Waals surface area contributed by atoms with Crippen molar-refractivity contribution in [2.45, 2.75) is 0 Å². The second-order valence-corrected chi connectivity index (χ2v) is 5.96. The molecule has 8 nitrogen and oxygen atoms in total. The quantitative estimate of drug-likeness (QED) is 0.377. The molecule has 0 spiro atoms. The fourth-order valence-electron chi connectivity index (χ4n) is 2.68. The summed E-state index contributed by atoms with van der Waals surface area (Å²) < 4.78 is 36.8.